The van der Waals surface area contributed by atoms with E-state index in [1.165, 1.54) is 0 Å². The number of amides is 2. The molecule has 0 unspecified atom stereocenters. The Morgan fingerprint density at radius 2 is 2.00 bits per heavy atom. The molecule has 1 fully saturated rings. The maximum Gasteiger partial charge on any atom is 0.416 e. The van der Waals surface area contributed by atoms with E-state index in [9.17, 15) is 18.0 Å². The van der Waals surface area contributed by atoms with Gasteiger partial charge in [0, 0.05) is 6.04 Å². The summed E-state index contributed by atoms with van der Waals surface area (Å²) in [6.07, 6.45) is -2.60. The number of nitrogens with one attached hydrogen (secondary N) is 2. The Hall–Kier alpha value is -1.43. The molecule has 1 saturated carbocycles. The first kappa shape index (κ1) is 13.0. The number of halogens is 4. The average Bonchev–Trinajstić information content (AvgIpc) is 3.03. The fourth-order valence-corrected chi connectivity index (χ4v) is 1.59. The van der Waals surface area contributed by atoms with Gasteiger partial charge in [-0.2, -0.15) is 13.2 Å². The molecule has 0 aromatic heterocycles. The summed E-state index contributed by atoms with van der Waals surface area (Å²) >= 11 is 5.69. The van der Waals surface area contributed by atoms with Crippen molar-refractivity contribution in [3.8, 4) is 0 Å². The smallest absolute Gasteiger partial charge is 0.335 e. The lowest BCUT2D eigenvalue weighted by Gasteiger charge is -2.11. The van der Waals surface area contributed by atoms with E-state index in [1.54, 1.807) is 0 Å². The largest absolute Gasteiger partial charge is 0.416 e. The number of rotatable bonds is 2. The highest BCUT2D eigenvalue weighted by Gasteiger charge is 2.31. The minimum atomic E-state index is -4.45. The van der Waals surface area contributed by atoms with Crippen LogP contribution in [0.1, 0.15) is 18.4 Å². The van der Waals surface area contributed by atoms with Gasteiger partial charge in [-0.25, -0.2) is 4.79 Å². The lowest BCUT2D eigenvalue weighted by Crippen LogP contribution is -2.30. The van der Waals surface area contributed by atoms with Gasteiger partial charge >= 0.3 is 12.2 Å². The normalized spacial score (nSPS) is 15.3. The first-order chi connectivity index (χ1) is 8.36. The van der Waals surface area contributed by atoms with Crippen LogP contribution < -0.4 is 10.6 Å². The molecule has 0 spiro atoms. The van der Waals surface area contributed by atoms with Gasteiger partial charge in [-0.3, -0.25) is 0 Å². The van der Waals surface area contributed by atoms with Crippen molar-refractivity contribution in [2.75, 3.05) is 5.32 Å². The van der Waals surface area contributed by atoms with Crippen molar-refractivity contribution in [1.29, 1.82) is 0 Å². The minimum absolute atomic E-state index is 0.143. The molecule has 2 amide bonds. The molecule has 0 atom stereocenters. The van der Waals surface area contributed by atoms with Gasteiger partial charge in [-0.05, 0) is 31.0 Å². The van der Waals surface area contributed by atoms with Crippen LogP contribution in [-0.2, 0) is 6.18 Å². The van der Waals surface area contributed by atoms with Crippen LogP contribution in [0.3, 0.4) is 0 Å². The second kappa shape index (κ2) is 4.68. The summed E-state index contributed by atoms with van der Waals surface area (Å²) in [5, 5.41) is 4.91. The Balaban J connectivity index is 2.07. The van der Waals surface area contributed by atoms with E-state index in [-0.39, 0.29) is 16.8 Å². The van der Waals surface area contributed by atoms with Crippen molar-refractivity contribution in [2.24, 2.45) is 0 Å². The average molecular weight is 279 g/mol. The summed E-state index contributed by atoms with van der Waals surface area (Å²) in [7, 11) is 0. The number of carbonyl (C=O) groups is 1. The van der Waals surface area contributed by atoms with Crippen LogP contribution in [0.25, 0.3) is 0 Å². The van der Waals surface area contributed by atoms with Gasteiger partial charge in [-0.15, -0.1) is 0 Å². The molecular weight excluding hydrogens is 269 g/mol. The number of hydrogen-bond donors (Lipinski definition) is 2. The Morgan fingerprint density at radius 1 is 1.33 bits per heavy atom. The van der Waals surface area contributed by atoms with E-state index >= 15 is 0 Å². The van der Waals surface area contributed by atoms with Gasteiger partial charge in [0.05, 0.1) is 16.3 Å². The summed E-state index contributed by atoms with van der Waals surface area (Å²) in [6.45, 7) is 0. The zero-order valence-electron chi connectivity index (χ0n) is 9.14. The molecule has 0 aliphatic heterocycles. The zero-order valence-corrected chi connectivity index (χ0v) is 9.90. The van der Waals surface area contributed by atoms with Gasteiger partial charge in [0.25, 0.3) is 0 Å². The highest BCUT2D eigenvalue weighted by Crippen LogP contribution is 2.33. The molecule has 1 aromatic rings. The topological polar surface area (TPSA) is 41.1 Å². The fraction of sp³-hybridized carbons (Fsp3) is 0.364. The van der Waals surface area contributed by atoms with Crippen molar-refractivity contribution in [3.05, 3.63) is 28.8 Å². The molecule has 98 valence electrons. The molecule has 2 rings (SSSR count). The number of urea groups is 1. The van der Waals surface area contributed by atoms with Gasteiger partial charge in [-0.1, -0.05) is 11.6 Å². The van der Waals surface area contributed by atoms with Gasteiger partial charge in [0.1, 0.15) is 0 Å². The Bertz CT molecular complexity index is 472. The fourth-order valence-electron chi connectivity index (χ4n) is 1.36. The quantitative estimate of drug-likeness (QED) is 0.852. The summed E-state index contributed by atoms with van der Waals surface area (Å²) in [5.74, 6) is 0. The molecule has 3 nitrogen and oxygen atoms in total. The summed E-state index contributed by atoms with van der Waals surface area (Å²) in [6, 6.07) is 2.50. The predicted octanol–water partition coefficient (Wildman–Crippen LogP) is 3.64. The van der Waals surface area contributed by atoms with Crippen molar-refractivity contribution < 1.29 is 18.0 Å². The zero-order chi connectivity index (χ0) is 13.3. The molecule has 0 saturated heterocycles. The standard InChI is InChI=1S/C11H10ClF3N2O/c12-8-5-6(11(13,14)15)1-4-9(8)17-10(18)16-7-2-3-7/h1,4-5,7H,2-3H2,(H2,16,17,18). The van der Waals surface area contributed by atoms with E-state index in [2.05, 4.69) is 10.6 Å². The van der Waals surface area contributed by atoms with Crippen LogP contribution in [0.4, 0.5) is 23.7 Å². The molecule has 0 heterocycles. The molecule has 18 heavy (non-hydrogen) atoms. The SMILES string of the molecule is O=C(Nc1ccc(C(F)(F)F)cc1Cl)NC1CC1. The first-order valence-corrected chi connectivity index (χ1v) is 5.68. The first-order valence-electron chi connectivity index (χ1n) is 5.30. The second-order valence-corrected chi connectivity index (χ2v) is 4.47. The van der Waals surface area contributed by atoms with Crippen LogP contribution in [0.15, 0.2) is 18.2 Å². The van der Waals surface area contributed by atoms with Gasteiger partial charge < -0.3 is 10.6 Å². The van der Waals surface area contributed by atoms with Crippen molar-refractivity contribution in [2.45, 2.75) is 25.1 Å². The third-order valence-electron chi connectivity index (χ3n) is 2.46. The molecule has 1 aliphatic carbocycles. The summed E-state index contributed by atoms with van der Waals surface area (Å²) in [4.78, 5) is 11.4. The monoisotopic (exact) mass is 278 g/mol. The molecule has 0 radical (unpaired) electrons. The molecule has 2 N–H and O–H groups in total. The molecule has 1 aliphatic rings. The summed E-state index contributed by atoms with van der Waals surface area (Å²) < 4.78 is 37.2. The van der Waals surface area contributed by atoms with E-state index in [4.69, 9.17) is 11.6 Å². The third-order valence-corrected chi connectivity index (χ3v) is 2.77. The van der Waals surface area contributed by atoms with E-state index in [0.29, 0.717) is 0 Å². The Labute approximate surface area is 106 Å². The number of alkyl halides is 3. The Morgan fingerprint density at radius 3 is 2.50 bits per heavy atom. The molecule has 1 aromatic carbocycles. The highest BCUT2D eigenvalue weighted by molar-refractivity contribution is 6.33. The number of anilines is 1. The maximum absolute atomic E-state index is 12.4. The third kappa shape index (κ3) is 3.29. The van der Waals surface area contributed by atoms with Crippen molar-refractivity contribution >= 4 is 23.3 Å². The maximum atomic E-state index is 12.4. The lowest BCUT2D eigenvalue weighted by atomic mass is 10.2. The number of carbonyl (C=O) groups excluding carboxylic acids is 1. The van der Waals surface area contributed by atoms with E-state index in [0.717, 1.165) is 31.0 Å². The van der Waals surface area contributed by atoms with Crippen LogP contribution in [0.5, 0.6) is 0 Å². The number of hydrogen-bond acceptors (Lipinski definition) is 1. The lowest BCUT2D eigenvalue weighted by molar-refractivity contribution is -0.137. The molecule has 0 bridgehead atoms. The summed E-state index contributed by atoms with van der Waals surface area (Å²) in [5.41, 5.74) is -0.691. The van der Waals surface area contributed by atoms with Gasteiger partial charge in [0.2, 0.25) is 0 Å². The highest BCUT2D eigenvalue weighted by atomic mass is 35.5. The van der Waals surface area contributed by atoms with Crippen molar-refractivity contribution in [1.82, 2.24) is 5.32 Å². The molecule has 7 heteroatoms. The van der Waals surface area contributed by atoms with E-state index < -0.39 is 17.8 Å². The predicted molar refractivity (Wildman–Crippen MR) is 61.6 cm³/mol. The van der Waals surface area contributed by atoms with E-state index in [1.807, 2.05) is 0 Å². The van der Waals surface area contributed by atoms with Crippen molar-refractivity contribution in [3.63, 3.8) is 0 Å². The van der Waals surface area contributed by atoms with Crippen LogP contribution >= 0.6 is 11.6 Å². The molecular formula is C11H10ClF3N2O. The number of benzene rings is 1. The Kier molecular flexibility index (Phi) is 3.38. The minimum Gasteiger partial charge on any atom is -0.335 e. The second-order valence-electron chi connectivity index (χ2n) is 4.07. The van der Waals surface area contributed by atoms with Crippen LogP contribution in [0, 0.1) is 0 Å². The van der Waals surface area contributed by atoms with Gasteiger partial charge in [0.15, 0.2) is 0 Å². The van der Waals surface area contributed by atoms with Crippen LogP contribution in [-0.4, -0.2) is 12.1 Å². The van der Waals surface area contributed by atoms with Crippen LogP contribution in [0.2, 0.25) is 5.02 Å².